The van der Waals surface area contributed by atoms with Gasteiger partial charge in [0.2, 0.25) is 5.91 Å². The Morgan fingerprint density at radius 2 is 1.71 bits per heavy atom. The molecule has 4 aromatic rings. The van der Waals surface area contributed by atoms with E-state index in [-0.39, 0.29) is 11.8 Å². The molecular formula is C21H17ClN6O2S. The minimum Gasteiger partial charge on any atom is -0.324 e. The lowest BCUT2D eigenvalue weighted by atomic mass is 10.2. The standard InChI is InChI=1S/C21H17ClN6O2S/c1-13(28-12-23-11-24-28)19(29)25-16-6-8-17(9-7-16)26-20(30)18-10-31-21(27-18)14-2-4-15(22)5-3-14/h2-13H,1H3,(H,25,29)(H,26,30). The monoisotopic (exact) mass is 452 g/mol. The van der Waals surface area contributed by atoms with Crippen molar-refractivity contribution in [1.29, 1.82) is 0 Å². The normalized spacial score (nSPS) is 11.7. The first-order valence-corrected chi connectivity index (χ1v) is 10.5. The molecule has 0 saturated carbocycles. The Labute approximate surface area is 186 Å². The molecule has 0 saturated heterocycles. The van der Waals surface area contributed by atoms with Gasteiger partial charge in [-0.15, -0.1) is 11.3 Å². The molecule has 8 nitrogen and oxygen atoms in total. The van der Waals surface area contributed by atoms with Crippen molar-refractivity contribution in [1.82, 2.24) is 19.7 Å². The van der Waals surface area contributed by atoms with Gasteiger partial charge in [0.15, 0.2) is 0 Å². The number of nitrogens with zero attached hydrogens (tertiary/aromatic N) is 4. The van der Waals surface area contributed by atoms with Crippen molar-refractivity contribution < 1.29 is 9.59 Å². The Morgan fingerprint density at radius 1 is 1.03 bits per heavy atom. The number of thiazole rings is 1. The third-order valence-corrected chi connectivity index (χ3v) is 5.59. The van der Waals surface area contributed by atoms with Gasteiger partial charge in [0, 0.05) is 27.3 Å². The van der Waals surface area contributed by atoms with Crippen molar-refractivity contribution in [3.05, 3.63) is 77.3 Å². The van der Waals surface area contributed by atoms with Crippen LogP contribution < -0.4 is 10.6 Å². The average molecular weight is 453 g/mol. The highest BCUT2D eigenvalue weighted by molar-refractivity contribution is 7.13. The van der Waals surface area contributed by atoms with Gasteiger partial charge in [0.05, 0.1) is 0 Å². The summed E-state index contributed by atoms with van der Waals surface area (Å²) in [5.74, 6) is -0.535. The Hall–Kier alpha value is -3.56. The summed E-state index contributed by atoms with van der Waals surface area (Å²) >= 11 is 7.30. The van der Waals surface area contributed by atoms with E-state index in [9.17, 15) is 9.59 Å². The van der Waals surface area contributed by atoms with E-state index >= 15 is 0 Å². The number of nitrogens with one attached hydrogen (secondary N) is 2. The van der Waals surface area contributed by atoms with Crippen LogP contribution in [-0.2, 0) is 4.79 Å². The molecule has 1 unspecified atom stereocenters. The van der Waals surface area contributed by atoms with Crippen molar-refractivity contribution in [3.63, 3.8) is 0 Å². The molecule has 2 aromatic carbocycles. The van der Waals surface area contributed by atoms with Crippen LogP contribution in [-0.4, -0.2) is 31.6 Å². The number of aromatic nitrogens is 4. The van der Waals surface area contributed by atoms with Gasteiger partial charge in [-0.3, -0.25) is 9.59 Å². The number of benzene rings is 2. The van der Waals surface area contributed by atoms with Crippen molar-refractivity contribution in [3.8, 4) is 10.6 Å². The van der Waals surface area contributed by atoms with E-state index in [1.807, 2.05) is 12.1 Å². The molecule has 2 N–H and O–H groups in total. The zero-order valence-corrected chi connectivity index (χ0v) is 17.9. The molecule has 0 aliphatic carbocycles. The highest BCUT2D eigenvalue weighted by atomic mass is 35.5. The van der Waals surface area contributed by atoms with Crippen LogP contribution >= 0.6 is 22.9 Å². The highest BCUT2D eigenvalue weighted by Crippen LogP contribution is 2.25. The second-order valence-corrected chi connectivity index (χ2v) is 7.91. The van der Waals surface area contributed by atoms with Crippen molar-refractivity contribution >= 4 is 46.1 Å². The number of hydrogen-bond donors (Lipinski definition) is 2. The Bertz CT molecular complexity index is 1190. The zero-order chi connectivity index (χ0) is 21.8. The molecule has 2 amide bonds. The molecule has 10 heteroatoms. The minimum absolute atomic E-state index is 0.223. The summed E-state index contributed by atoms with van der Waals surface area (Å²) in [6.45, 7) is 1.73. The van der Waals surface area contributed by atoms with Crippen LogP contribution in [0, 0.1) is 0 Å². The fraction of sp³-hybridized carbons (Fsp3) is 0.0952. The first kappa shape index (κ1) is 20.7. The van der Waals surface area contributed by atoms with E-state index in [0.29, 0.717) is 22.1 Å². The molecule has 0 radical (unpaired) electrons. The predicted octanol–water partition coefficient (Wildman–Crippen LogP) is 4.51. The number of halogens is 1. The third-order valence-electron chi connectivity index (χ3n) is 4.45. The van der Waals surface area contributed by atoms with Crippen LogP contribution in [0.1, 0.15) is 23.5 Å². The van der Waals surface area contributed by atoms with Gasteiger partial charge >= 0.3 is 0 Å². The molecule has 2 aromatic heterocycles. The number of rotatable bonds is 6. The lowest BCUT2D eigenvalue weighted by molar-refractivity contribution is -0.119. The van der Waals surface area contributed by atoms with Crippen LogP contribution in [0.3, 0.4) is 0 Å². The number of carbonyl (C=O) groups is 2. The maximum absolute atomic E-state index is 12.5. The van der Waals surface area contributed by atoms with Gasteiger partial charge in [-0.25, -0.2) is 14.6 Å². The van der Waals surface area contributed by atoms with Gasteiger partial charge in [0.25, 0.3) is 5.91 Å². The maximum atomic E-state index is 12.5. The average Bonchev–Trinajstić information content (AvgIpc) is 3.48. The fourth-order valence-electron chi connectivity index (χ4n) is 2.72. The van der Waals surface area contributed by atoms with Gasteiger partial charge in [-0.05, 0) is 43.3 Å². The van der Waals surface area contributed by atoms with Gasteiger partial charge < -0.3 is 10.6 Å². The summed E-state index contributed by atoms with van der Waals surface area (Å²) in [7, 11) is 0. The lowest BCUT2D eigenvalue weighted by Gasteiger charge is -2.12. The molecule has 31 heavy (non-hydrogen) atoms. The van der Waals surface area contributed by atoms with Crippen LogP contribution in [0.25, 0.3) is 10.6 Å². The van der Waals surface area contributed by atoms with E-state index in [2.05, 4.69) is 25.7 Å². The fourth-order valence-corrected chi connectivity index (χ4v) is 3.65. The van der Waals surface area contributed by atoms with Gasteiger partial charge in [-0.2, -0.15) is 5.10 Å². The number of hydrogen-bond acceptors (Lipinski definition) is 6. The van der Waals surface area contributed by atoms with Crippen LogP contribution in [0.5, 0.6) is 0 Å². The first-order valence-electron chi connectivity index (χ1n) is 9.27. The number of anilines is 2. The molecule has 156 valence electrons. The summed E-state index contributed by atoms with van der Waals surface area (Å²) in [5, 5.41) is 12.7. The number of amides is 2. The van der Waals surface area contributed by atoms with Crippen LogP contribution in [0.4, 0.5) is 11.4 Å². The van der Waals surface area contributed by atoms with Gasteiger partial charge in [-0.1, -0.05) is 23.7 Å². The van der Waals surface area contributed by atoms with Crippen molar-refractivity contribution in [2.45, 2.75) is 13.0 Å². The highest BCUT2D eigenvalue weighted by Gasteiger charge is 2.16. The summed E-state index contributed by atoms with van der Waals surface area (Å²) in [6, 6.07) is 13.6. The van der Waals surface area contributed by atoms with Crippen molar-refractivity contribution in [2.24, 2.45) is 0 Å². The molecular weight excluding hydrogens is 436 g/mol. The summed E-state index contributed by atoms with van der Waals surface area (Å²) in [4.78, 5) is 33.1. The Kier molecular flexibility index (Phi) is 6.06. The predicted molar refractivity (Wildman–Crippen MR) is 120 cm³/mol. The van der Waals surface area contributed by atoms with Gasteiger partial charge in [0.1, 0.15) is 29.4 Å². The molecule has 0 fully saturated rings. The molecule has 4 rings (SSSR count). The number of carbonyl (C=O) groups excluding carboxylic acids is 2. The second kappa shape index (κ2) is 9.07. The quantitative estimate of drug-likeness (QED) is 0.448. The van der Waals surface area contributed by atoms with E-state index in [4.69, 9.17) is 11.6 Å². The van der Waals surface area contributed by atoms with Crippen molar-refractivity contribution in [2.75, 3.05) is 10.6 Å². The summed E-state index contributed by atoms with van der Waals surface area (Å²) in [6.07, 6.45) is 2.86. The Morgan fingerprint density at radius 3 is 2.35 bits per heavy atom. The summed E-state index contributed by atoms with van der Waals surface area (Å²) in [5.41, 5.74) is 2.42. The smallest absolute Gasteiger partial charge is 0.275 e. The van der Waals surface area contributed by atoms with Crippen LogP contribution in [0.2, 0.25) is 5.02 Å². The molecule has 0 bridgehead atoms. The van der Waals surface area contributed by atoms with E-state index < -0.39 is 6.04 Å². The van der Waals surface area contributed by atoms with Crippen LogP contribution in [0.15, 0.2) is 66.6 Å². The largest absolute Gasteiger partial charge is 0.324 e. The lowest BCUT2D eigenvalue weighted by Crippen LogP contribution is -2.24. The summed E-state index contributed by atoms with van der Waals surface area (Å²) < 4.78 is 1.47. The first-order chi connectivity index (χ1) is 15.0. The topological polar surface area (TPSA) is 102 Å². The molecule has 0 aliphatic heterocycles. The SMILES string of the molecule is CC(C(=O)Nc1ccc(NC(=O)c2csc(-c3ccc(Cl)cc3)n2)cc1)n1cncn1. The molecule has 0 aliphatic rings. The molecule has 1 atom stereocenters. The second-order valence-electron chi connectivity index (χ2n) is 6.62. The van der Waals surface area contributed by atoms with E-state index in [0.717, 1.165) is 10.6 Å². The van der Waals surface area contributed by atoms with E-state index in [1.165, 1.54) is 28.7 Å². The molecule has 0 spiro atoms. The van der Waals surface area contributed by atoms with E-state index in [1.54, 1.807) is 48.7 Å². The Balaban J connectivity index is 1.37. The minimum atomic E-state index is -0.499. The molecule has 2 heterocycles. The third kappa shape index (κ3) is 4.96. The maximum Gasteiger partial charge on any atom is 0.275 e. The zero-order valence-electron chi connectivity index (χ0n) is 16.3.